The maximum Gasteiger partial charge on any atom is 0.416 e. The van der Waals surface area contributed by atoms with Crippen LogP contribution in [-0.2, 0) is 20.5 Å². The first-order valence-electron chi connectivity index (χ1n) is 13.2. The van der Waals surface area contributed by atoms with Crippen molar-refractivity contribution in [1.29, 1.82) is 0 Å². The van der Waals surface area contributed by atoms with Crippen LogP contribution in [0.3, 0.4) is 0 Å². The molecule has 40 heavy (non-hydrogen) atoms. The smallest absolute Gasteiger partial charge is 0.416 e. The Balaban J connectivity index is 1.72. The molecule has 1 aromatic carbocycles. The molecule has 2 unspecified atom stereocenters. The topological polar surface area (TPSA) is 131 Å². The van der Waals surface area contributed by atoms with E-state index < -0.39 is 59.3 Å². The minimum Gasteiger partial charge on any atom is -0.444 e. The summed E-state index contributed by atoms with van der Waals surface area (Å²) in [5.74, 6) is -2.09. The van der Waals surface area contributed by atoms with Crippen molar-refractivity contribution < 1.29 is 41.5 Å². The molecule has 4 N–H and O–H groups in total. The molecule has 222 valence electrons. The van der Waals surface area contributed by atoms with Gasteiger partial charge in [0.2, 0.25) is 11.8 Å². The lowest BCUT2D eigenvalue weighted by atomic mass is 9.84. The number of alkyl halides is 4. The molecule has 0 saturated carbocycles. The zero-order chi connectivity index (χ0) is 29.8. The Hall–Kier alpha value is -3.38. The first kappa shape index (κ1) is 31.2. The van der Waals surface area contributed by atoms with E-state index in [0.717, 1.165) is 24.3 Å². The zero-order valence-corrected chi connectivity index (χ0v) is 22.7. The fraction of sp³-hybridized carbons (Fsp3) is 0.630. The molecule has 0 radical (unpaired) electrons. The van der Waals surface area contributed by atoms with Crippen molar-refractivity contribution in [2.24, 2.45) is 11.7 Å². The number of amides is 4. The normalized spacial score (nSPS) is 22.3. The molecule has 2 fully saturated rings. The second-order valence-electron chi connectivity index (χ2n) is 11.4. The number of nitrogens with two attached hydrogens (primary N) is 1. The summed E-state index contributed by atoms with van der Waals surface area (Å²) in [5.41, 5.74) is 3.50. The molecule has 2 aliphatic rings. The molecule has 2 bridgehead atoms. The molecule has 1 aromatic rings. The number of alkyl carbamates (subject to hydrolysis) is 1. The van der Waals surface area contributed by atoms with Gasteiger partial charge in [0.05, 0.1) is 5.56 Å². The molecule has 4 atom stereocenters. The molecule has 9 nitrogen and oxygen atoms in total. The highest BCUT2D eigenvalue weighted by Crippen LogP contribution is 2.41. The average molecular weight is 573 g/mol. The summed E-state index contributed by atoms with van der Waals surface area (Å²) >= 11 is 0. The number of halogens is 4. The molecule has 2 heterocycles. The number of fused-ring (bicyclic) bond motifs is 2. The van der Waals surface area contributed by atoms with Gasteiger partial charge in [-0.25, -0.2) is 9.18 Å². The number of piperidine rings is 1. The Morgan fingerprint density at radius 1 is 1.05 bits per heavy atom. The molecule has 3 rings (SSSR count). The highest BCUT2D eigenvalue weighted by molar-refractivity contribution is 5.95. The maximum atomic E-state index is 14.2. The van der Waals surface area contributed by atoms with Gasteiger partial charge in [-0.15, -0.1) is 0 Å². The van der Waals surface area contributed by atoms with Crippen LogP contribution in [0.15, 0.2) is 24.3 Å². The van der Waals surface area contributed by atoms with Crippen molar-refractivity contribution in [3.63, 3.8) is 0 Å². The van der Waals surface area contributed by atoms with Crippen LogP contribution in [0.2, 0.25) is 0 Å². The van der Waals surface area contributed by atoms with E-state index in [4.69, 9.17) is 10.5 Å². The van der Waals surface area contributed by atoms with E-state index in [9.17, 15) is 36.7 Å². The van der Waals surface area contributed by atoms with Gasteiger partial charge in [0.25, 0.3) is 5.91 Å². The minimum absolute atomic E-state index is 0.134. The van der Waals surface area contributed by atoms with Gasteiger partial charge in [-0.3, -0.25) is 14.4 Å². The summed E-state index contributed by atoms with van der Waals surface area (Å²) in [4.78, 5) is 51.6. The minimum atomic E-state index is -4.51. The number of benzene rings is 1. The second kappa shape index (κ2) is 12.4. The molecule has 0 aromatic heterocycles. The molecule has 0 spiro atoms. The lowest BCUT2D eigenvalue weighted by Crippen LogP contribution is -2.57. The third-order valence-electron chi connectivity index (χ3n) is 7.09. The van der Waals surface area contributed by atoms with Crippen LogP contribution >= 0.6 is 0 Å². The van der Waals surface area contributed by atoms with Gasteiger partial charge in [0.15, 0.2) is 0 Å². The van der Waals surface area contributed by atoms with Crippen molar-refractivity contribution in [3.05, 3.63) is 35.4 Å². The van der Waals surface area contributed by atoms with Gasteiger partial charge in [-0.1, -0.05) is 0 Å². The Kier molecular flexibility index (Phi) is 9.68. The summed E-state index contributed by atoms with van der Waals surface area (Å²) in [6, 6.07) is 2.39. The summed E-state index contributed by atoms with van der Waals surface area (Å²) in [7, 11) is 0. The number of rotatable bonds is 9. The highest BCUT2D eigenvalue weighted by atomic mass is 19.4. The van der Waals surface area contributed by atoms with Crippen LogP contribution in [0.1, 0.15) is 75.2 Å². The van der Waals surface area contributed by atoms with Gasteiger partial charge in [0.1, 0.15) is 17.8 Å². The van der Waals surface area contributed by atoms with Gasteiger partial charge >= 0.3 is 12.3 Å². The Morgan fingerprint density at radius 2 is 1.62 bits per heavy atom. The first-order chi connectivity index (χ1) is 18.5. The number of ether oxygens (including phenoxy) is 1. The molecular formula is C27H36F4N4O5. The van der Waals surface area contributed by atoms with E-state index in [1.54, 1.807) is 25.7 Å². The zero-order valence-electron chi connectivity index (χ0n) is 22.7. The standard InChI is InChI=1S/C27H36F4N4O5/c1-26(2,3)40-25(39)34-22(23(37)33-14-18(28)8-11-21(32)36)16-12-19-9-10-20(13-16)35(19)24(38)15-4-6-17(7-5-15)27(29,30)31/h4-7,16,18-20,22H,8-14H2,1-3H3,(H2,32,36)(H,33,37)(H,34,39)/t16?,18-,19?,20?,22-/m0/s1. The van der Waals surface area contributed by atoms with Crippen molar-refractivity contribution in [1.82, 2.24) is 15.5 Å². The second-order valence-corrected chi connectivity index (χ2v) is 11.4. The van der Waals surface area contributed by atoms with Gasteiger partial charge in [0, 0.05) is 30.6 Å². The predicted molar refractivity (Wildman–Crippen MR) is 137 cm³/mol. The molecule has 13 heteroatoms. The third kappa shape index (κ3) is 8.31. The van der Waals surface area contributed by atoms with E-state index in [0.29, 0.717) is 25.7 Å². The maximum absolute atomic E-state index is 14.2. The summed E-state index contributed by atoms with van der Waals surface area (Å²) in [6.07, 6.45) is -5.23. The largest absolute Gasteiger partial charge is 0.444 e. The molecule has 0 aliphatic carbocycles. The van der Waals surface area contributed by atoms with Crippen LogP contribution in [0.4, 0.5) is 22.4 Å². The van der Waals surface area contributed by atoms with Crippen molar-refractivity contribution >= 4 is 23.8 Å². The highest BCUT2D eigenvalue weighted by Gasteiger charge is 2.47. The van der Waals surface area contributed by atoms with Gasteiger partial charge < -0.3 is 26.0 Å². The lowest BCUT2D eigenvalue weighted by Gasteiger charge is -2.41. The lowest BCUT2D eigenvalue weighted by molar-refractivity contribution is -0.137. The van der Waals surface area contributed by atoms with Crippen LogP contribution in [0, 0.1) is 5.92 Å². The van der Waals surface area contributed by atoms with Crippen LogP contribution in [0.5, 0.6) is 0 Å². The number of carbonyl (C=O) groups is 4. The molecular weight excluding hydrogens is 536 g/mol. The summed E-state index contributed by atoms with van der Waals surface area (Å²) in [5, 5.41) is 5.09. The summed E-state index contributed by atoms with van der Waals surface area (Å²) in [6.45, 7) is 4.62. The van der Waals surface area contributed by atoms with Crippen LogP contribution in [0.25, 0.3) is 0 Å². The van der Waals surface area contributed by atoms with E-state index in [2.05, 4.69) is 10.6 Å². The quantitative estimate of drug-likeness (QED) is 0.389. The number of hydrogen-bond acceptors (Lipinski definition) is 5. The summed E-state index contributed by atoms with van der Waals surface area (Å²) < 4.78 is 58.3. The predicted octanol–water partition coefficient (Wildman–Crippen LogP) is 3.70. The Bertz CT molecular complexity index is 1080. The SMILES string of the molecule is CC(C)(C)OC(=O)N[C@H](C(=O)NC[C@@H](F)CCC(N)=O)C1CC2CCC(C1)N2C(=O)c1ccc(C(F)(F)F)cc1. The average Bonchev–Trinajstić information content (AvgIpc) is 3.11. The number of hydrogen-bond donors (Lipinski definition) is 3. The number of nitrogens with one attached hydrogen (secondary N) is 2. The van der Waals surface area contributed by atoms with Gasteiger partial charge in [-0.05, 0) is 83.1 Å². The molecule has 2 saturated heterocycles. The third-order valence-corrected chi connectivity index (χ3v) is 7.09. The Morgan fingerprint density at radius 3 is 2.12 bits per heavy atom. The van der Waals surface area contributed by atoms with E-state index in [-0.39, 0.29) is 37.0 Å². The van der Waals surface area contributed by atoms with E-state index >= 15 is 0 Å². The fourth-order valence-corrected chi connectivity index (χ4v) is 5.33. The monoisotopic (exact) mass is 572 g/mol. The number of nitrogens with zero attached hydrogens (tertiary/aromatic N) is 1. The van der Waals surface area contributed by atoms with Crippen LogP contribution in [-0.4, -0.2) is 65.2 Å². The van der Waals surface area contributed by atoms with Crippen LogP contribution < -0.4 is 16.4 Å². The van der Waals surface area contributed by atoms with Crippen molar-refractivity contribution in [2.75, 3.05) is 6.54 Å². The van der Waals surface area contributed by atoms with E-state index in [1.165, 1.54) is 0 Å². The number of carbonyl (C=O) groups excluding carboxylic acids is 4. The number of primary amides is 1. The molecule has 4 amide bonds. The van der Waals surface area contributed by atoms with Crippen molar-refractivity contribution in [2.45, 2.75) is 95.4 Å². The molecule has 2 aliphatic heterocycles. The van der Waals surface area contributed by atoms with Crippen molar-refractivity contribution in [3.8, 4) is 0 Å². The first-order valence-corrected chi connectivity index (χ1v) is 13.2. The van der Waals surface area contributed by atoms with Gasteiger partial charge in [-0.2, -0.15) is 13.2 Å². The fourth-order valence-electron chi connectivity index (χ4n) is 5.33. The van der Waals surface area contributed by atoms with E-state index in [1.807, 2.05) is 0 Å². The Labute approximate surface area is 230 Å².